The highest BCUT2D eigenvalue weighted by atomic mass is 79.9. The van der Waals surface area contributed by atoms with E-state index < -0.39 is 0 Å². The molecular formula is C13H17BrN2O2. The van der Waals surface area contributed by atoms with Crippen LogP contribution >= 0.6 is 15.9 Å². The Morgan fingerprint density at radius 3 is 2.83 bits per heavy atom. The number of rotatable bonds is 4. The van der Waals surface area contributed by atoms with Crippen molar-refractivity contribution in [2.45, 2.75) is 31.9 Å². The van der Waals surface area contributed by atoms with Crippen LogP contribution in [0.15, 0.2) is 22.7 Å². The number of anilines is 1. The van der Waals surface area contributed by atoms with E-state index >= 15 is 0 Å². The molecule has 0 spiro atoms. The Bertz CT molecular complexity index is 424. The lowest BCUT2D eigenvalue weighted by Gasteiger charge is -2.35. The van der Waals surface area contributed by atoms with Crippen LogP contribution in [0.4, 0.5) is 5.69 Å². The zero-order valence-corrected chi connectivity index (χ0v) is 11.9. The van der Waals surface area contributed by atoms with Crippen LogP contribution in [0.5, 0.6) is 0 Å². The van der Waals surface area contributed by atoms with Crippen LogP contribution in [0.3, 0.4) is 0 Å². The normalized spacial score (nSPS) is 22.3. The van der Waals surface area contributed by atoms with Gasteiger partial charge in [0, 0.05) is 28.4 Å². The molecule has 3 N–H and O–H groups in total. The minimum atomic E-state index is -0.0806. The van der Waals surface area contributed by atoms with E-state index in [2.05, 4.69) is 21.2 Å². The molecule has 18 heavy (non-hydrogen) atoms. The maximum Gasteiger partial charge on any atom is 0.251 e. The van der Waals surface area contributed by atoms with Crippen LogP contribution in [0, 0.1) is 0 Å². The number of halogens is 1. The summed E-state index contributed by atoms with van der Waals surface area (Å²) in [5.41, 5.74) is 6.87. The summed E-state index contributed by atoms with van der Waals surface area (Å²) >= 11 is 3.33. The molecule has 1 fully saturated rings. The summed E-state index contributed by atoms with van der Waals surface area (Å²) < 4.78 is 6.27. The fourth-order valence-corrected chi connectivity index (χ4v) is 2.58. The number of nitrogen functional groups attached to an aromatic ring is 1. The third kappa shape index (κ3) is 3.23. The van der Waals surface area contributed by atoms with E-state index in [0.717, 1.165) is 23.9 Å². The van der Waals surface area contributed by atoms with Gasteiger partial charge in [-0.2, -0.15) is 0 Å². The number of benzene rings is 1. The molecule has 1 amide bonds. The average molecular weight is 313 g/mol. The minimum absolute atomic E-state index is 0.0806. The lowest BCUT2D eigenvalue weighted by atomic mass is 9.89. The second-order valence-corrected chi connectivity index (χ2v) is 5.41. The second kappa shape index (κ2) is 5.71. The van der Waals surface area contributed by atoms with E-state index in [9.17, 15) is 4.79 Å². The van der Waals surface area contributed by atoms with Gasteiger partial charge in [-0.25, -0.2) is 0 Å². The zero-order chi connectivity index (χ0) is 13.1. The molecule has 98 valence electrons. The zero-order valence-electron chi connectivity index (χ0n) is 10.3. The Morgan fingerprint density at radius 2 is 2.22 bits per heavy atom. The molecule has 1 aromatic rings. The Labute approximate surface area is 115 Å². The van der Waals surface area contributed by atoms with Gasteiger partial charge in [0.2, 0.25) is 0 Å². The van der Waals surface area contributed by atoms with Crippen molar-refractivity contribution >= 4 is 27.5 Å². The first-order valence-electron chi connectivity index (χ1n) is 6.07. The third-order valence-electron chi connectivity index (χ3n) is 3.01. The van der Waals surface area contributed by atoms with Gasteiger partial charge in [-0.15, -0.1) is 0 Å². The summed E-state index contributed by atoms with van der Waals surface area (Å²) in [6.07, 6.45) is 2.08. The largest absolute Gasteiger partial charge is 0.399 e. The fraction of sp³-hybridized carbons (Fsp3) is 0.462. The summed E-state index contributed by atoms with van der Waals surface area (Å²) in [6, 6.07) is 5.43. The van der Waals surface area contributed by atoms with E-state index in [1.807, 2.05) is 6.92 Å². The predicted octanol–water partition coefficient (Wildman–Crippen LogP) is 2.33. The first kappa shape index (κ1) is 13.4. The molecule has 5 heteroatoms. The number of hydrogen-bond donors (Lipinski definition) is 2. The Hall–Kier alpha value is -1.07. The Balaban J connectivity index is 1.89. The van der Waals surface area contributed by atoms with Crippen molar-refractivity contribution in [1.29, 1.82) is 0 Å². The highest BCUT2D eigenvalue weighted by Gasteiger charge is 2.30. The van der Waals surface area contributed by atoms with E-state index in [0.29, 0.717) is 17.4 Å². The number of amides is 1. The summed E-state index contributed by atoms with van der Waals surface area (Å²) in [6.45, 7) is 2.71. The monoisotopic (exact) mass is 312 g/mol. The molecule has 0 saturated heterocycles. The number of carbonyl (C=O) groups excluding carboxylic acids is 1. The van der Waals surface area contributed by atoms with Crippen molar-refractivity contribution in [2.75, 3.05) is 12.3 Å². The SMILES string of the molecule is CCOC1CC(NC(=O)c2cc(N)cc(Br)c2)C1. The van der Waals surface area contributed by atoms with Gasteiger partial charge in [0.05, 0.1) is 6.10 Å². The molecule has 1 aromatic carbocycles. The van der Waals surface area contributed by atoms with Crippen molar-refractivity contribution < 1.29 is 9.53 Å². The van der Waals surface area contributed by atoms with Gasteiger partial charge in [-0.05, 0) is 38.0 Å². The maximum absolute atomic E-state index is 12.0. The standard InChI is InChI=1S/C13H17BrN2O2/c1-2-18-12-6-11(7-12)16-13(17)8-3-9(14)5-10(15)4-8/h3-5,11-12H,2,6-7,15H2,1H3,(H,16,17). The summed E-state index contributed by atoms with van der Waals surface area (Å²) in [5.74, 6) is -0.0806. The maximum atomic E-state index is 12.0. The summed E-state index contributed by atoms with van der Waals surface area (Å²) in [4.78, 5) is 12.0. The molecule has 0 unspecified atom stereocenters. The van der Waals surface area contributed by atoms with Crippen molar-refractivity contribution in [3.8, 4) is 0 Å². The van der Waals surface area contributed by atoms with Crippen LogP contribution in [0.1, 0.15) is 30.1 Å². The molecule has 0 aromatic heterocycles. The van der Waals surface area contributed by atoms with Crippen LogP contribution < -0.4 is 11.1 Å². The highest BCUT2D eigenvalue weighted by molar-refractivity contribution is 9.10. The average Bonchev–Trinajstić information content (AvgIpc) is 2.24. The molecule has 1 aliphatic rings. The van der Waals surface area contributed by atoms with Crippen molar-refractivity contribution in [1.82, 2.24) is 5.32 Å². The lowest BCUT2D eigenvalue weighted by Crippen LogP contribution is -2.47. The first-order valence-corrected chi connectivity index (χ1v) is 6.86. The van der Waals surface area contributed by atoms with Crippen LogP contribution in [0.25, 0.3) is 0 Å². The smallest absolute Gasteiger partial charge is 0.251 e. The van der Waals surface area contributed by atoms with Crippen LogP contribution in [-0.4, -0.2) is 24.7 Å². The van der Waals surface area contributed by atoms with Gasteiger partial charge in [0.1, 0.15) is 0 Å². The van der Waals surface area contributed by atoms with E-state index in [1.165, 1.54) is 0 Å². The van der Waals surface area contributed by atoms with Crippen molar-refractivity contribution in [3.63, 3.8) is 0 Å². The van der Waals surface area contributed by atoms with Crippen molar-refractivity contribution in [2.24, 2.45) is 0 Å². The van der Waals surface area contributed by atoms with Gasteiger partial charge < -0.3 is 15.8 Å². The minimum Gasteiger partial charge on any atom is -0.399 e. The lowest BCUT2D eigenvalue weighted by molar-refractivity contribution is -0.00862. The summed E-state index contributed by atoms with van der Waals surface area (Å²) in [5, 5.41) is 2.98. The number of hydrogen-bond acceptors (Lipinski definition) is 3. The molecule has 0 radical (unpaired) electrons. The van der Waals surface area contributed by atoms with E-state index in [1.54, 1.807) is 18.2 Å². The fourth-order valence-electron chi connectivity index (χ4n) is 2.07. The topological polar surface area (TPSA) is 64.3 Å². The number of ether oxygens (including phenoxy) is 1. The van der Waals surface area contributed by atoms with Gasteiger partial charge in [0.15, 0.2) is 0 Å². The van der Waals surface area contributed by atoms with E-state index in [-0.39, 0.29) is 11.9 Å². The van der Waals surface area contributed by atoms with Crippen LogP contribution in [-0.2, 0) is 4.74 Å². The van der Waals surface area contributed by atoms with Gasteiger partial charge in [-0.1, -0.05) is 15.9 Å². The van der Waals surface area contributed by atoms with Crippen molar-refractivity contribution in [3.05, 3.63) is 28.2 Å². The second-order valence-electron chi connectivity index (χ2n) is 4.49. The van der Waals surface area contributed by atoms with Gasteiger partial charge in [-0.3, -0.25) is 4.79 Å². The quantitative estimate of drug-likeness (QED) is 0.839. The van der Waals surface area contributed by atoms with Crippen LogP contribution in [0.2, 0.25) is 0 Å². The number of carbonyl (C=O) groups is 1. The molecule has 0 bridgehead atoms. The first-order chi connectivity index (χ1) is 8.58. The number of nitrogens with two attached hydrogens (primary N) is 1. The molecule has 1 saturated carbocycles. The molecule has 4 nitrogen and oxygen atoms in total. The highest BCUT2D eigenvalue weighted by Crippen LogP contribution is 2.24. The predicted molar refractivity (Wildman–Crippen MR) is 74.5 cm³/mol. The molecule has 0 heterocycles. The third-order valence-corrected chi connectivity index (χ3v) is 3.47. The molecular weight excluding hydrogens is 296 g/mol. The molecule has 0 atom stereocenters. The Morgan fingerprint density at radius 1 is 1.50 bits per heavy atom. The van der Waals surface area contributed by atoms with Gasteiger partial charge in [0.25, 0.3) is 5.91 Å². The molecule has 1 aliphatic carbocycles. The molecule has 2 rings (SSSR count). The van der Waals surface area contributed by atoms with E-state index in [4.69, 9.17) is 10.5 Å². The number of nitrogens with one attached hydrogen (secondary N) is 1. The van der Waals surface area contributed by atoms with Gasteiger partial charge >= 0.3 is 0 Å². The Kier molecular flexibility index (Phi) is 4.24. The molecule has 0 aliphatic heterocycles. The summed E-state index contributed by atoms with van der Waals surface area (Å²) in [7, 11) is 0.